The van der Waals surface area contributed by atoms with E-state index in [0.29, 0.717) is 6.04 Å². The first-order valence-electron chi connectivity index (χ1n) is 6.69. The van der Waals surface area contributed by atoms with Gasteiger partial charge in [-0.25, -0.2) is 4.98 Å². The molecule has 0 aliphatic heterocycles. The van der Waals surface area contributed by atoms with E-state index in [9.17, 15) is 0 Å². The summed E-state index contributed by atoms with van der Waals surface area (Å²) in [5.41, 5.74) is 1.55. The second-order valence-electron chi connectivity index (χ2n) is 4.85. The number of rotatable bonds is 5. The van der Waals surface area contributed by atoms with Crippen LogP contribution in [0.5, 0.6) is 0 Å². The number of hydrogen-bond donors (Lipinski definition) is 1. The Morgan fingerprint density at radius 2 is 2.50 bits per heavy atom. The van der Waals surface area contributed by atoms with Crippen molar-refractivity contribution >= 4 is 11.3 Å². The molecule has 1 N–H and O–H groups in total. The highest BCUT2D eigenvalue weighted by molar-refractivity contribution is 7.10. The molecule has 1 aliphatic rings. The lowest BCUT2D eigenvalue weighted by atomic mass is 9.94. The summed E-state index contributed by atoms with van der Waals surface area (Å²) in [6.07, 6.45) is 10.8. The van der Waals surface area contributed by atoms with Crippen molar-refractivity contribution < 1.29 is 0 Å². The molecule has 0 saturated carbocycles. The molecular formula is C14H19N3S. The summed E-state index contributed by atoms with van der Waals surface area (Å²) in [5, 5.41) is 5.93. The third-order valence-electron chi connectivity index (χ3n) is 3.59. The zero-order chi connectivity index (χ0) is 12.2. The molecule has 3 rings (SSSR count). The SMILES string of the molecule is c1cn(CCCNC2CCCc3sccc32)cn1. The van der Waals surface area contributed by atoms with Gasteiger partial charge >= 0.3 is 0 Å². The van der Waals surface area contributed by atoms with Crippen molar-refractivity contribution in [3.63, 3.8) is 0 Å². The van der Waals surface area contributed by atoms with Crippen LogP contribution in [0.3, 0.4) is 0 Å². The van der Waals surface area contributed by atoms with Crippen LogP contribution in [0.1, 0.15) is 35.7 Å². The largest absolute Gasteiger partial charge is 0.337 e. The number of nitrogens with zero attached hydrogens (tertiary/aromatic N) is 2. The average molecular weight is 261 g/mol. The van der Waals surface area contributed by atoms with Crippen molar-refractivity contribution in [2.24, 2.45) is 0 Å². The van der Waals surface area contributed by atoms with Crippen molar-refractivity contribution in [3.05, 3.63) is 40.6 Å². The van der Waals surface area contributed by atoms with Gasteiger partial charge in [0.25, 0.3) is 0 Å². The number of aryl methyl sites for hydroxylation is 2. The van der Waals surface area contributed by atoms with Crippen molar-refractivity contribution in [2.45, 2.75) is 38.3 Å². The van der Waals surface area contributed by atoms with E-state index >= 15 is 0 Å². The first kappa shape index (κ1) is 11.9. The number of nitrogens with one attached hydrogen (secondary N) is 1. The molecule has 0 saturated heterocycles. The zero-order valence-electron chi connectivity index (χ0n) is 10.5. The van der Waals surface area contributed by atoms with Gasteiger partial charge in [0.1, 0.15) is 0 Å². The van der Waals surface area contributed by atoms with E-state index in [1.165, 1.54) is 19.3 Å². The molecule has 18 heavy (non-hydrogen) atoms. The van der Waals surface area contributed by atoms with Crippen LogP contribution < -0.4 is 5.32 Å². The van der Waals surface area contributed by atoms with Crippen molar-refractivity contribution in [1.29, 1.82) is 0 Å². The molecule has 96 valence electrons. The molecule has 0 bridgehead atoms. The van der Waals surface area contributed by atoms with Crippen molar-refractivity contribution in [2.75, 3.05) is 6.54 Å². The molecule has 0 radical (unpaired) electrons. The quantitative estimate of drug-likeness (QED) is 0.839. The molecule has 0 spiro atoms. The Kier molecular flexibility index (Phi) is 3.76. The summed E-state index contributed by atoms with van der Waals surface area (Å²) in [4.78, 5) is 5.65. The van der Waals surface area contributed by atoms with Gasteiger partial charge in [-0.15, -0.1) is 11.3 Å². The van der Waals surface area contributed by atoms with Crippen LogP contribution in [0.4, 0.5) is 0 Å². The monoisotopic (exact) mass is 261 g/mol. The summed E-state index contributed by atoms with van der Waals surface area (Å²) in [7, 11) is 0. The lowest BCUT2D eigenvalue weighted by Gasteiger charge is -2.23. The van der Waals surface area contributed by atoms with E-state index in [2.05, 4.69) is 26.3 Å². The Balaban J connectivity index is 1.47. The van der Waals surface area contributed by atoms with Crippen LogP contribution >= 0.6 is 11.3 Å². The van der Waals surface area contributed by atoms with Gasteiger partial charge in [-0.1, -0.05) is 0 Å². The van der Waals surface area contributed by atoms with E-state index in [-0.39, 0.29) is 0 Å². The summed E-state index contributed by atoms with van der Waals surface area (Å²) >= 11 is 1.91. The summed E-state index contributed by atoms with van der Waals surface area (Å²) in [6.45, 7) is 2.13. The van der Waals surface area contributed by atoms with Crippen LogP contribution in [0.2, 0.25) is 0 Å². The van der Waals surface area contributed by atoms with Crippen molar-refractivity contribution in [1.82, 2.24) is 14.9 Å². The van der Waals surface area contributed by atoms with Crippen LogP contribution in [0.25, 0.3) is 0 Å². The predicted molar refractivity (Wildman–Crippen MR) is 74.8 cm³/mol. The molecule has 2 aromatic rings. The second kappa shape index (κ2) is 5.67. The van der Waals surface area contributed by atoms with Gasteiger partial charge in [0.2, 0.25) is 0 Å². The molecule has 3 nitrogen and oxygen atoms in total. The maximum Gasteiger partial charge on any atom is 0.0945 e. The lowest BCUT2D eigenvalue weighted by Crippen LogP contribution is -2.25. The lowest BCUT2D eigenvalue weighted by molar-refractivity contribution is 0.449. The molecule has 0 fully saturated rings. The number of hydrogen-bond acceptors (Lipinski definition) is 3. The number of thiophene rings is 1. The van der Waals surface area contributed by atoms with Crippen molar-refractivity contribution in [3.8, 4) is 0 Å². The summed E-state index contributed by atoms with van der Waals surface area (Å²) in [6, 6.07) is 2.88. The van der Waals surface area contributed by atoms with E-state index in [1.54, 1.807) is 10.4 Å². The Morgan fingerprint density at radius 1 is 1.50 bits per heavy atom. The fraction of sp³-hybridized carbons (Fsp3) is 0.500. The fourth-order valence-corrected chi connectivity index (χ4v) is 3.64. The van der Waals surface area contributed by atoms with E-state index in [1.807, 2.05) is 30.1 Å². The van der Waals surface area contributed by atoms with Crippen LogP contribution in [-0.2, 0) is 13.0 Å². The fourth-order valence-electron chi connectivity index (χ4n) is 2.66. The first-order chi connectivity index (χ1) is 8.93. The molecule has 2 aromatic heterocycles. The van der Waals surface area contributed by atoms with Gasteiger partial charge in [-0.2, -0.15) is 0 Å². The van der Waals surface area contributed by atoms with Gasteiger partial charge in [0.15, 0.2) is 0 Å². The van der Waals surface area contributed by atoms with Gasteiger partial charge in [0.05, 0.1) is 6.33 Å². The van der Waals surface area contributed by atoms with E-state index in [4.69, 9.17) is 0 Å². The zero-order valence-corrected chi connectivity index (χ0v) is 11.3. The van der Waals surface area contributed by atoms with E-state index in [0.717, 1.165) is 19.5 Å². The van der Waals surface area contributed by atoms with Gasteiger partial charge in [-0.3, -0.25) is 0 Å². The second-order valence-corrected chi connectivity index (χ2v) is 5.85. The summed E-state index contributed by atoms with van der Waals surface area (Å²) in [5.74, 6) is 0. The van der Waals surface area contributed by atoms with Crippen LogP contribution in [0, 0.1) is 0 Å². The average Bonchev–Trinajstić information content (AvgIpc) is 3.05. The smallest absolute Gasteiger partial charge is 0.0945 e. The molecular weight excluding hydrogens is 242 g/mol. The maximum atomic E-state index is 4.06. The highest BCUT2D eigenvalue weighted by Gasteiger charge is 2.20. The topological polar surface area (TPSA) is 29.9 Å². The van der Waals surface area contributed by atoms with Crippen LogP contribution in [-0.4, -0.2) is 16.1 Å². The molecule has 0 amide bonds. The number of imidazole rings is 1. The standard InChI is InChI=1S/C14H19N3S/c1-3-13(12-5-10-18-14(12)4-1)16-6-2-8-17-9-7-15-11-17/h5,7,9-11,13,16H,1-4,6,8H2. The number of fused-ring (bicyclic) bond motifs is 1. The molecule has 2 heterocycles. The Hall–Kier alpha value is -1.13. The molecule has 1 aliphatic carbocycles. The Morgan fingerprint density at radius 3 is 3.39 bits per heavy atom. The minimum Gasteiger partial charge on any atom is -0.337 e. The molecule has 1 atom stereocenters. The maximum absolute atomic E-state index is 4.06. The first-order valence-corrected chi connectivity index (χ1v) is 7.57. The number of aromatic nitrogens is 2. The normalized spacial score (nSPS) is 18.8. The van der Waals surface area contributed by atoms with Gasteiger partial charge < -0.3 is 9.88 Å². The molecule has 4 heteroatoms. The third-order valence-corrected chi connectivity index (χ3v) is 4.59. The molecule has 0 aromatic carbocycles. The van der Waals surface area contributed by atoms with Crippen LogP contribution in [0.15, 0.2) is 30.2 Å². The Bertz CT molecular complexity index is 475. The summed E-state index contributed by atoms with van der Waals surface area (Å²) < 4.78 is 2.14. The minimum atomic E-state index is 0.586. The van der Waals surface area contributed by atoms with Gasteiger partial charge in [-0.05, 0) is 49.2 Å². The molecule has 1 unspecified atom stereocenters. The minimum absolute atomic E-state index is 0.586. The third kappa shape index (κ3) is 2.65. The Labute approximate surface area is 112 Å². The predicted octanol–water partition coefficient (Wildman–Crippen LogP) is 3.00. The highest BCUT2D eigenvalue weighted by atomic mass is 32.1. The highest BCUT2D eigenvalue weighted by Crippen LogP contribution is 2.33. The van der Waals surface area contributed by atoms with Gasteiger partial charge in [0, 0.05) is 29.9 Å². The van der Waals surface area contributed by atoms with E-state index < -0.39 is 0 Å².